The van der Waals surface area contributed by atoms with Crippen molar-refractivity contribution >= 4 is 5.69 Å². The molecule has 1 atom stereocenters. The van der Waals surface area contributed by atoms with Gasteiger partial charge in [-0.1, -0.05) is 25.5 Å². The zero-order chi connectivity index (χ0) is 9.68. The van der Waals surface area contributed by atoms with Gasteiger partial charge in [-0.15, -0.1) is 0 Å². The van der Waals surface area contributed by atoms with Crippen LogP contribution in [0.1, 0.15) is 25.3 Å². The molecule has 0 saturated heterocycles. The first-order valence-corrected chi connectivity index (χ1v) is 4.73. The average molecular weight is 179 g/mol. The predicted octanol–water partition coefficient (Wildman–Crippen LogP) is 2.53. The standard InChI is InChI=1S/C11H17NO/c1-3-5-11(13)12-10-7-4-6-9(2)8-10/h4,6-8,11-13H,3,5H2,1-2H3. The fourth-order valence-electron chi connectivity index (χ4n) is 1.27. The van der Waals surface area contributed by atoms with Gasteiger partial charge in [-0.25, -0.2) is 0 Å². The van der Waals surface area contributed by atoms with E-state index in [0.29, 0.717) is 0 Å². The molecule has 0 saturated carbocycles. The van der Waals surface area contributed by atoms with Gasteiger partial charge in [0, 0.05) is 5.69 Å². The summed E-state index contributed by atoms with van der Waals surface area (Å²) in [6.07, 6.45) is 1.35. The van der Waals surface area contributed by atoms with Gasteiger partial charge in [-0.05, 0) is 31.0 Å². The lowest BCUT2D eigenvalue weighted by Crippen LogP contribution is -2.17. The highest BCUT2D eigenvalue weighted by Crippen LogP contribution is 2.11. The first-order chi connectivity index (χ1) is 6.22. The fraction of sp³-hybridized carbons (Fsp3) is 0.455. The van der Waals surface area contributed by atoms with Gasteiger partial charge < -0.3 is 10.4 Å². The molecule has 0 fully saturated rings. The molecule has 0 aromatic heterocycles. The van der Waals surface area contributed by atoms with Crippen molar-refractivity contribution in [2.75, 3.05) is 5.32 Å². The maximum absolute atomic E-state index is 9.48. The molecule has 13 heavy (non-hydrogen) atoms. The van der Waals surface area contributed by atoms with Crippen LogP contribution in [0.4, 0.5) is 5.69 Å². The Morgan fingerprint density at radius 2 is 2.23 bits per heavy atom. The van der Waals surface area contributed by atoms with Crippen molar-refractivity contribution < 1.29 is 5.11 Å². The monoisotopic (exact) mass is 179 g/mol. The summed E-state index contributed by atoms with van der Waals surface area (Å²) in [7, 11) is 0. The number of hydrogen-bond acceptors (Lipinski definition) is 2. The van der Waals surface area contributed by atoms with Crippen LogP contribution in [0.25, 0.3) is 0 Å². The van der Waals surface area contributed by atoms with E-state index in [9.17, 15) is 5.11 Å². The van der Waals surface area contributed by atoms with Crippen molar-refractivity contribution in [2.45, 2.75) is 32.9 Å². The Labute approximate surface area is 79.6 Å². The first kappa shape index (κ1) is 10.1. The molecule has 0 radical (unpaired) electrons. The van der Waals surface area contributed by atoms with E-state index in [2.05, 4.69) is 12.2 Å². The topological polar surface area (TPSA) is 32.3 Å². The molecule has 0 aliphatic heterocycles. The summed E-state index contributed by atoms with van der Waals surface area (Å²) in [6.45, 7) is 4.10. The van der Waals surface area contributed by atoms with E-state index < -0.39 is 6.23 Å². The molecule has 72 valence electrons. The maximum atomic E-state index is 9.48. The van der Waals surface area contributed by atoms with E-state index >= 15 is 0 Å². The third kappa shape index (κ3) is 3.47. The Kier molecular flexibility index (Phi) is 3.77. The van der Waals surface area contributed by atoms with Crippen LogP contribution in [0.5, 0.6) is 0 Å². The van der Waals surface area contributed by atoms with Gasteiger partial charge in [0.05, 0.1) is 0 Å². The zero-order valence-electron chi connectivity index (χ0n) is 8.25. The summed E-state index contributed by atoms with van der Waals surface area (Å²) < 4.78 is 0. The zero-order valence-corrected chi connectivity index (χ0v) is 8.25. The minimum atomic E-state index is -0.424. The number of anilines is 1. The van der Waals surface area contributed by atoms with Gasteiger partial charge in [0.25, 0.3) is 0 Å². The molecular formula is C11H17NO. The second-order valence-corrected chi connectivity index (χ2v) is 3.32. The van der Waals surface area contributed by atoms with E-state index in [-0.39, 0.29) is 0 Å². The lowest BCUT2D eigenvalue weighted by Gasteiger charge is -2.13. The lowest BCUT2D eigenvalue weighted by atomic mass is 10.2. The smallest absolute Gasteiger partial charge is 0.124 e. The predicted molar refractivity (Wildman–Crippen MR) is 55.7 cm³/mol. The van der Waals surface area contributed by atoms with Crippen LogP contribution in [-0.2, 0) is 0 Å². The maximum Gasteiger partial charge on any atom is 0.124 e. The van der Waals surface area contributed by atoms with Gasteiger partial charge in [0.1, 0.15) is 6.23 Å². The van der Waals surface area contributed by atoms with Gasteiger partial charge in [-0.2, -0.15) is 0 Å². The van der Waals surface area contributed by atoms with Gasteiger partial charge >= 0.3 is 0 Å². The van der Waals surface area contributed by atoms with Crippen molar-refractivity contribution in [3.63, 3.8) is 0 Å². The van der Waals surface area contributed by atoms with Crippen LogP contribution in [0.15, 0.2) is 24.3 Å². The second kappa shape index (κ2) is 4.87. The number of nitrogens with one attached hydrogen (secondary N) is 1. The van der Waals surface area contributed by atoms with Crippen molar-refractivity contribution in [1.29, 1.82) is 0 Å². The highest BCUT2D eigenvalue weighted by atomic mass is 16.3. The van der Waals surface area contributed by atoms with Crippen molar-refractivity contribution in [2.24, 2.45) is 0 Å². The van der Waals surface area contributed by atoms with Crippen LogP contribution >= 0.6 is 0 Å². The van der Waals surface area contributed by atoms with Crippen molar-refractivity contribution in [3.05, 3.63) is 29.8 Å². The fourth-order valence-corrected chi connectivity index (χ4v) is 1.27. The minimum Gasteiger partial charge on any atom is -0.374 e. The number of rotatable bonds is 4. The van der Waals surface area contributed by atoms with Crippen LogP contribution in [0.2, 0.25) is 0 Å². The third-order valence-electron chi connectivity index (χ3n) is 1.91. The van der Waals surface area contributed by atoms with Gasteiger partial charge in [0.15, 0.2) is 0 Å². The largest absolute Gasteiger partial charge is 0.374 e. The normalized spacial score (nSPS) is 12.5. The molecule has 2 N–H and O–H groups in total. The van der Waals surface area contributed by atoms with Crippen LogP contribution in [-0.4, -0.2) is 11.3 Å². The van der Waals surface area contributed by atoms with E-state index in [1.807, 2.05) is 31.2 Å². The van der Waals surface area contributed by atoms with Crippen LogP contribution in [0, 0.1) is 6.92 Å². The van der Waals surface area contributed by atoms with E-state index in [1.54, 1.807) is 0 Å². The van der Waals surface area contributed by atoms with Crippen LogP contribution in [0.3, 0.4) is 0 Å². The van der Waals surface area contributed by atoms with Crippen LogP contribution < -0.4 is 5.32 Å². The Morgan fingerprint density at radius 3 is 2.85 bits per heavy atom. The molecule has 0 heterocycles. The summed E-state index contributed by atoms with van der Waals surface area (Å²) in [6, 6.07) is 8.01. The Hall–Kier alpha value is -1.02. The molecule has 0 aliphatic carbocycles. The molecule has 0 amide bonds. The second-order valence-electron chi connectivity index (χ2n) is 3.32. The Morgan fingerprint density at radius 1 is 1.46 bits per heavy atom. The van der Waals surface area contributed by atoms with E-state index in [1.165, 1.54) is 5.56 Å². The van der Waals surface area contributed by atoms with E-state index in [4.69, 9.17) is 0 Å². The molecule has 0 bridgehead atoms. The molecule has 1 rings (SSSR count). The lowest BCUT2D eigenvalue weighted by molar-refractivity contribution is 0.192. The summed E-state index contributed by atoms with van der Waals surface area (Å²) >= 11 is 0. The summed E-state index contributed by atoms with van der Waals surface area (Å²) in [5, 5.41) is 12.5. The molecule has 1 unspecified atom stereocenters. The van der Waals surface area contributed by atoms with Gasteiger partial charge in [-0.3, -0.25) is 0 Å². The first-order valence-electron chi connectivity index (χ1n) is 4.73. The third-order valence-corrected chi connectivity index (χ3v) is 1.91. The molecule has 2 heteroatoms. The molecule has 0 spiro atoms. The quantitative estimate of drug-likeness (QED) is 0.696. The average Bonchev–Trinajstić information content (AvgIpc) is 2.04. The van der Waals surface area contributed by atoms with Crippen molar-refractivity contribution in [1.82, 2.24) is 0 Å². The number of benzene rings is 1. The van der Waals surface area contributed by atoms with Crippen molar-refractivity contribution in [3.8, 4) is 0 Å². The number of aliphatic hydroxyl groups excluding tert-OH is 1. The summed E-state index contributed by atoms with van der Waals surface area (Å²) in [4.78, 5) is 0. The Balaban J connectivity index is 2.53. The highest BCUT2D eigenvalue weighted by Gasteiger charge is 2.00. The minimum absolute atomic E-state index is 0.424. The number of hydrogen-bond donors (Lipinski definition) is 2. The number of aliphatic hydroxyl groups is 1. The molecular weight excluding hydrogens is 162 g/mol. The Bertz CT molecular complexity index is 260. The highest BCUT2D eigenvalue weighted by molar-refractivity contribution is 5.45. The molecule has 1 aromatic rings. The number of aryl methyl sites for hydroxylation is 1. The van der Waals surface area contributed by atoms with Gasteiger partial charge in [0.2, 0.25) is 0 Å². The summed E-state index contributed by atoms with van der Waals surface area (Å²) in [5.41, 5.74) is 2.19. The molecule has 2 nitrogen and oxygen atoms in total. The molecule has 1 aromatic carbocycles. The summed E-state index contributed by atoms with van der Waals surface area (Å²) in [5.74, 6) is 0. The SMILES string of the molecule is CCCC(O)Nc1cccc(C)c1. The van der Waals surface area contributed by atoms with E-state index in [0.717, 1.165) is 18.5 Å². The molecule has 0 aliphatic rings.